The minimum Gasteiger partial charge on any atom is -0.392 e. The third-order valence-corrected chi connectivity index (χ3v) is 3.16. The van der Waals surface area contributed by atoms with E-state index in [2.05, 4.69) is 0 Å². The summed E-state index contributed by atoms with van der Waals surface area (Å²) in [5.74, 6) is 0. The van der Waals surface area contributed by atoms with Crippen LogP contribution in [-0.4, -0.2) is 10.2 Å². The lowest BCUT2D eigenvalue weighted by Crippen LogP contribution is -2.30. The number of alkyl halides is 12. The van der Waals surface area contributed by atoms with Crippen LogP contribution in [0.5, 0.6) is 0 Å². The Morgan fingerprint density at radius 1 is 0.423 bits per heavy atom. The molecule has 0 aromatic heterocycles. The fraction of sp³-hybridized carbons (Fsp3) is 0.500. The normalized spacial score (nSPS) is 14.1. The van der Waals surface area contributed by atoms with Gasteiger partial charge >= 0.3 is 24.7 Å². The molecule has 150 valence electrons. The zero-order valence-electron chi connectivity index (χ0n) is 11.8. The van der Waals surface area contributed by atoms with Gasteiger partial charge in [0.05, 0.1) is 35.5 Å². The van der Waals surface area contributed by atoms with Gasteiger partial charge in [0.25, 0.3) is 0 Å². The van der Waals surface area contributed by atoms with Gasteiger partial charge in [0.1, 0.15) is 0 Å². The number of rotatable bonds is 2. The molecule has 0 spiro atoms. The van der Waals surface area contributed by atoms with Crippen molar-refractivity contribution in [2.24, 2.45) is 0 Å². The summed E-state index contributed by atoms with van der Waals surface area (Å²) in [4.78, 5) is 0. The van der Waals surface area contributed by atoms with Gasteiger partial charge in [-0.15, -0.1) is 0 Å². The van der Waals surface area contributed by atoms with Crippen LogP contribution < -0.4 is 0 Å². The van der Waals surface area contributed by atoms with E-state index in [0.717, 1.165) is 0 Å². The standard InChI is InChI=1S/C12H6F12O2/c13-9(14,15)5-3(1-25)6(10(16,17)18)8(12(22,23)24)4(2-26)7(5)11(19,20)21/h25-26H,1-2H2. The van der Waals surface area contributed by atoms with Gasteiger partial charge in [-0.3, -0.25) is 0 Å². The number of hydrogen-bond acceptors (Lipinski definition) is 2. The maximum Gasteiger partial charge on any atom is 0.417 e. The van der Waals surface area contributed by atoms with E-state index >= 15 is 0 Å². The lowest BCUT2D eigenvalue weighted by atomic mass is 9.85. The highest BCUT2D eigenvalue weighted by Crippen LogP contribution is 2.52. The Kier molecular flexibility index (Phi) is 5.56. The summed E-state index contributed by atoms with van der Waals surface area (Å²) in [6.45, 7) is -4.83. The van der Waals surface area contributed by atoms with Gasteiger partial charge in [-0.25, -0.2) is 0 Å². The van der Waals surface area contributed by atoms with Gasteiger partial charge in [-0.2, -0.15) is 52.7 Å². The van der Waals surface area contributed by atoms with Crippen LogP contribution >= 0.6 is 0 Å². The Morgan fingerprint density at radius 2 is 0.577 bits per heavy atom. The first-order chi connectivity index (χ1) is 11.4. The molecule has 0 amide bonds. The van der Waals surface area contributed by atoms with Gasteiger partial charge in [0, 0.05) is 11.1 Å². The maximum atomic E-state index is 13.0. The van der Waals surface area contributed by atoms with E-state index in [9.17, 15) is 52.7 Å². The van der Waals surface area contributed by atoms with Crippen molar-refractivity contribution in [2.45, 2.75) is 37.9 Å². The molecule has 0 heterocycles. The average Bonchev–Trinajstić information content (AvgIpc) is 2.39. The Balaban J connectivity index is 4.46. The topological polar surface area (TPSA) is 40.5 Å². The summed E-state index contributed by atoms with van der Waals surface area (Å²) in [5.41, 5.74) is -17.8. The molecule has 0 aliphatic heterocycles. The maximum absolute atomic E-state index is 13.0. The van der Waals surface area contributed by atoms with Crippen LogP contribution in [-0.2, 0) is 37.9 Å². The molecule has 2 N–H and O–H groups in total. The predicted molar refractivity (Wildman–Crippen MR) is 58.3 cm³/mol. The second-order valence-corrected chi connectivity index (χ2v) is 4.76. The fourth-order valence-electron chi connectivity index (χ4n) is 2.42. The molecule has 0 unspecified atom stereocenters. The van der Waals surface area contributed by atoms with E-state index in [0.29, 0.717) is 0 Å². The highest BCUT2D eigenvalue weighted by Gasteiger charge is 2.55. The van der Waals surface area contributed by atoms with Gasteiger partial charge < -0.3 is 10.2 Å². The minimum atomic E-state index is -6.21. The van der Waals surface area contributed by atoms with Crippen molar-refractivity contribution in [2.75, 3.05) is 0 Å². The number of aliphatic hydroxyl groups is 2. The SMILES string of the molecule is OCc1c(C(F)(F)F)c(C(F)(F)F)c(CO)c(C(F)(F)F)c1C(F)(F)F. The van der Waals surface area contributed by atoms with Crippen LogP contribution in [0.25, 0.3) is 0 Å². The second-order valence-electron chi connectivity index (χ2n) is 4.76. The largest absolute Gasteiger partial charge is 0.417 e. The molecule has 1 aromatic carbocycles. The molecule has 1 aromatic rings. The molecule has 2 nitrogen and oxygen atoms in total. The van der Waals surface area contributed by atoms with E-state index in [-0.39, 0.29) is 0 Å². The quantitative estimate of drug-likeness (QED) is 0.692. The Bertz CT molecular complexity index is 566. The zero-order valence-corrected chi connectivity index (χ0v) is 11.8. The summed E-state index contributed by atoms with van der Waals surface area (Å²) >= 11 is 0. The Labute approximate surface area is 135 Å². The molecule has 1 rings (SSSR count). The molecule has 26 heavy (non-hydrogen) atoms. The molecule has 0 bridgehead atoms. The van der Waals surface area contributed by atoms with Crippen LogP contribution in [0.15, 0.2) is 0 Å². The summed E-state index contributed by atoms with van der Waals surface area (Å²) < 4.78 is 156. The van der Waals surface area contributed by atoms with Gasteiger partial charge in [0.15, 0.2) is 0 Å². The molecule has 0 fully saturated rings. The number of aliphatic hydroxyl groups excluding tert-OH is 2. The highest BCUT2D eigenvalue weighted by atomic mass is 19.4. The van der Waals surface area contributed by atoms with Crippen molar-refractivity contribution >= 4 is 0 Å². The molecular weight excluding hydrogens is 404 g/mol. The van der Waals surface area contributed by atoms with Crippen molar-refractivity contribution in [3.63, 3.8) is 0 Å². The van der Waals surface area contributed by atoms with Crippen LogP contribution in [0.3, 0.4) is 0 Å². The van der Waals surface area contributed by atoms with Crippen LogP contribution in [0.2, 0.25) is 0 Å². The van der Waals surface area contributed by atoms with Gasteiger partial charge in [-0.05, 0) is 0 Å². The van der Waals surface area contributed by atoms with E-state index in [1.54, 1.807) is 0 Å². The average molecular weight is 410 g/mol. The first kappa shape index (κ1) is 22.3. The van der Waals surface area contributed by atoms with Gasteiger partial charge in [0.2, 0.25) is 0 Å². The number of halogens is 12. The Morgan fingerprint density at radius 3 is 0.654 bits per heavy atom. The summed E-state index contributed by atoms with van der Waals surface area (Å²) in [5, 5.41) is 17.5. The van der Waals surface area contributed by atoms with E-state index in [1.807, 2.05) is 0 Å². The first-order valence-electron chi connectivity index (χ1n) is 6.11. The zero-order chi connectivity index (χ0) is 20.9. The van der Waals surface area contributed by atoms with Crippen molar-refractivity contribution in [3.8, 4) is 0 Å². The molecule has 0 saturated heterocycles. The third-order valence-electron chi connectivity index (χ3n) is 3.16. The second kappa shape index (κ2) is 6.48. The first-order valence-corrected chi connectivity index (χ1v) is 6.11. The van der Waals surface area contributed by atoms with Crippen molar-refractivity contribution in [1.29, 1.82) is 0 Å². The minimum absolute atomic E-state index is 2.42. The molecule has 0 radical (unpaired) electrons. The molecule has 0 aliphatic rings. The van der Waals surface area contributed by atoms with Gasteiger partial charge in [-0.1, -0.05) is 0 Å². The smallest absolute Gasteiger partial charge is 0.392 e. The molecular formula is C12H6F12O2. The molecule has 0 saturated carbocycles. The van der Waals surface area contributed by atoms with Crippen LogP contribution in [0.1, 0.15) is 33.4 Å². The van der Waals surface area contributed by atoms with Crippen molar-refractivity contribution in [3.05, 3.63) is 33.4 Å². The van der Waals surface area contributed by atoms with Crippen LogP contribution in [0.4, 0.5) is 52.7 Å². The predicted octanol–water partition coefficient (Wildman–Crippen LogP) is 4.75. The summed E-state index contributed by atoms with van der Waals surface area (Å²) in [7, 11) is 0. The molecule has 14 heteroatoms. The summed E-state index contributed by atoms with van der Waals surface area (Å²) in [6, 6.07) is 0. The Hall–Kier alpha value is -1.70. The van der Waals surface area contributed by atoms with E-state index in [4.69, 9.17) is 10.2 Å². The molecule has 0 atom stereocenters. The van der Waals surface area contributed by atoms with Crippen molar-refractivity contribution < 1.29 is 62.9 Å². The lowest BCUT2D eigenvalue weighted by Gasteiger charge is -2.28. The van der Waals surface area contributed by atoms with E-state index < -0.39 is 71.3 Å². The third kappa shape index (κ3) is 4.00. The highest BCUT2D eigenvalue weighted by molar-refractivity contribution is 5.56. The molecule has 0 aliphatic carbocycles. The fourth-order valence-corrected chi connectivity index (χ4v) is 2.42. The number of hydrogen-bond donors (Lipinski definition) is 2. The monoisotopic (exact) mass is 410 g/mol. The lowest BCUT2D eigenvalue weighted by molar-refractivity contribution is -0.173. The van der Waals surface area contributed by atoms with Crippen LogP contribution in [0, 0.1) is 0 Å². The number of benzene rings is 1. The summed E-state index contributed by atoms with van der Waals surface area (Å²) in [6.07, 6.45) is -24.8. The van der Waals surface area contributed by atoms with Crippen molar-refractivity contribution in [1.82, 2.24) is 0 Å². The van der Waals surface area contributed by atoms with E-state index in [1.165, 1.54) is 0 Å².